The molecule has 1 amide bonds. The molecule has 0 aliphatic carbocycles. The Bertz CT molecular complexity index is 623. The molecule has 0 fully saturated rings. The highest BCUT2D eigenvalue weighted by Gasteiger charge is 2.15. The zero-order valence-corrected chi connectivity index (χ0v) is 14.4. The Kier molecular flexibility index (Phi) is 7.71. The Labute approximate surface area is 145 Å². The highest BCUT2D eigenvalue weighted by molar-refractivity contribution is 7.98. The largest absolute Gasteiger partial charge is 0.382 e. The van der Waals surface area contributed by atoms with E-state index in [0.717, 1.165) is 17.0 Å². The van der Waals surface area contributed by atoms with E-state index in [1.807, 2.05) is 18.2 Å². The fraction of sp³-hybridized carbons (Fsp3) is 0.333. The fourth-order valence-corrected chi connectivity index (χ4v) is 3.05. The minimum Gasteiger partial charge on any atom is -0.382 e. The summed E-state index contributed by atoms with van der Waals surface area (Å²) in [6.45, 7) is 0.380. The second-order valence-corrected chi connectivity index (χ2v) is 6.36. The van der Waals surface area contributed by atoms with Crippen molar-refractivity contribution >= 4 is 17.7 Å². The van der Waals surface area contributed by atoms with Crippen LogP contribution in [-0.4, -0.2) is 30.4 Å². The van der Waals surface area contributed by atoms with E-state index < -0.39 is 0 Å². The first kappa shape index (κ1) is 18.4. The highest BCUT2D eigenvalue weighted by Crippen LogP contribution is 2.15. The molecule has 2 rings (SSSR count). The van der Waals surface area contributed by atoms with Crippen LogP contribution in [0.1, 0.15) is 23.7 Å². The lowest BCUT2D eigenvalue weighted by molar-refractivity contribution is -0.121. The fourth-order valence-electron chi connectivity index (χ4n) is 2.15. The number of halogens is 1. The van der Waals surface area contributed by atoms with E-state index in [9.17, 15) is 9.18 Å². The number of methoxy groups -OCH3 is 1. The number of carbonyl (C=O) groups excluding carboxylic acids is 1. The predicted octanol–water partition coefficient (Wildman–Crippen LogP) is 3.35. The number of nitrogens with one attached hydrogen (secondary N) is 1. The minimum atomic E-state index is -0.245. The molecule has 0 aliphatic heterocycles. The van der Waals surface area contributed by atoms with Gasteiger partial charge in [0.15, 0.2) is 0 Å². The molecule has 0 spiro atoms. The molecule has 1 atom stereocenters. The molecule has 128 valence electrons. The van der Waals surface area contributed by atoms with Gasteiger partial charge < -0.3 is 10.1 Å². The van der Waals surface area contributed by atoms with Crippen LogP contribution in [0.2, 0.25) is 0 Å². The smallest absolute Gasteiger partial charge is 0.221 e. The Balaban J connectivity index is 1.74. The lowest BCUT2D eigenvalue weighted by Gasteiger charge is -2.17. The molecule has 4 nitrogen and oxygen atoms in total. The van der Waals surface area contributed by atoms with Crippen LogP contribution in [-0.2, 0) is 15.3 Å². The van der Waals surface area contributed by atoms with E-state index in [1.54, 1.807) is 37.2 Å². The van der Waals surface area contributed by atoms with E-state index in [4.69, 9.17) is 4.74 Å². The Morgan fingerprint density at radius 2 is 2.08 bits per heavy atom. The Morgan fingerprint density at radius 1 is 1.29 bits per heavy atom. The van der Waals surface area contributed by atoms with Gasteiger partial charge in [0, 0.05) is 31.2 Å². The Hall–Kier alpha value is -1.92. The molecule has 0 saturated carbocycles. The third-order valence-electron chi connectivity index (χ3n) is 3.37. The first-order valence-electron chi connectivity index (χ1n) is 7.70. The van der Waals surface area contributed by atoms with Gasteiger partial charge in [-0.15, -0.1) is 0 Å². The quantitative estimate of drug-likeness (QED) is 0.706. The van der Waals surface area contributed by atoms with E-state index in [-0.39, 0.29) is 17.8 Å². The van der Waals surface area contributed by atoms with Gasteiger partial charge in [0.2, 0.25) is 5.91 Å². The van der Waals surface area contributed by atoms with Crippen molar-refractivity contribution in [1.29, 1.82) is 0 Å². The van der Waals surface area contributed by atoms with Crippen LogP contribution in [0.25, 0.3) is 0 Å². The number of pyridine rings is 1. The SMILES string of the molecule is COCC(NC(=O)CCSCc1ccc(F)cc1)c1ccccn1. The lowest BCUT2D eigenvalue weighted by atomic mass is 10.2. The van der Waals surface area contributed by atoms with Gasteiger partial charge in [0.05, 0.1) is 18.3 Å². The van der Waals surface area contributed by atoms with E-state index >= 15 is 0 Å². The molecule has 0 radical (unpaired) electrons. The topological polar surface area (TPSA) is 51.2 Å². The van der Waals surface area contributed by atoms with Crippen molar-refractivity contribution in [2.24, 2.45) is 0 Å². The van der Waals surface area contributed by atoms with Crippen LogP contribution in [0.4, 0.5) is 4.39 Å². The number of amides is 1. The Morgan fingerprint density at radius 3 is 2.75 bits per heavy atom. The average Bonchev–Trinajstić information content (AvgIpc) is 2.61. The summed E-state index contributed by atoms with van der Waals surface area (Å²) >= 11 is 1.65. The molecular weight excluding hydrogens is 327 g/mol. The molecule has 1 heterocycles. The number of benzene rings is 1. The van der Waals surface area contributed by atoms with Crippen LogP contribution >= 0.6 is 11.8 Å². The van der Waals surface area contributed by atoms with Crippen molar-refractivity contribution in [2.75, 3.05) is 19.5 Å². The highest BCUT2D eigenvalue weighted by atomic mass is 32.2. The van der Waals surface area contributed by atoms with Gasteiger partial charge in [-0.3, -0.25) is 9.78 Å². The van der Waals surface area contributed by atoms with Crippen molar-refractivity contribution in [3.05, 3.63) is 65.7 Å². The number of hydrogen-bond donors (Lipinski definition) is 1. The molecule has 2 aromatic rings. The van der Waals surface area contributed by atoms with Gasteiger partial charge in [0.1, 0.15) is 5.82 Å². The number of nitrogens with zero attached hydrogens (tertiary/aromatic N) is 1. The van der Waals surface area contributed by atoms with Crippen LogP contribution in [0, 0.1) is 5.82 Å². The number of rotatable bonds is 9. The second kappa shape index (κ2) is 10.1. The summed E-state index contributed by atoms with van der Waals surface area (Å²) in [6.07, 6.45) is 2.11. The normalized spacial score (nSPS) is 11.9. The molecule has 6 heteroatoms. The van der Waals surface area contributed by atoms with Crippen molar-refractivity contribution in [2.45, 2.75) is 18.2 Å². The third-order valence-corrected chi connectivity index (χ3v) is 4.40. The summed E-state index contributed by atoms with van der Waals surface area (Å²) in [7, 11) is 1.60. The molecule has 1 N–H and O–H groups in total. The van der Waals surface area contributed by atoms with Crippen molar-refractivity contribution in [3.8, 4) is 0 Å². The maximum absolute atomic E-state index is 12.8. The number of aromatic nitrogens is 1. The monoisotopic (exact) mass is 348 g/mol. The van der Waals surface area contributed by atoms with Crippen molar-refractivity contribution in [3.63, 3.8) is 0 Å². The lowest BCUT2D eigenvalue weighted by Crippen LogP contribution is -2.32. The van der Waals surface area contributed by atoms with Crippen molar-refractivity contribution in [1.82, 2.24) is 10.3 Å². The summed E-state index contributed by atoms with van der Waals surface area (Å²) in [5.74, 6) is 1.19. The molecule has 1 unspecified atom stereocenters. The minimum absolute atomic E-state index is 0.0330. The van der Waals surface area contributed by atoms with Crippen LogP contribution in [0.3, 0.4) is 0 Å². The number of thioether (sulfide) groups is 1. The van der Waals surface area contributed by atoms with Crippen LogP contribution in [0.5, 0.6) is 0 Å². The third kappa shape index (κ3) is 6.29. The zero-order valence-electron chi connectivity index (χ0n) is 13.6. The number of hydrogen-bond acceptors (Lipinski definition) is 4. The second-order valence-electron chi connectivity index (χ2n) is 5.26. The van der Waals surface area contributed by atoms with Gasteiger partial charge in [0.25, 0.3) is 0 Å². The van der Waals surface area contributed by atoms with Gasteiger partial charge in [-0.05, 0) is 29.8 Å². The van der Waals surface area contributed by atoms with E-state index in [1.165, 1.54) is 12.1 Å². The summed E-state index contributed by atoms with van der Waals surface area (Å²) < 4.78 is 18.0. The molecule has 0 aliphatic rings. The van der Waals surface area contributed by atoms with Crippen LogP contribution < -0.4 is 5.32 Å². The average molecular weight is 348 g/mol. The van der Waals surface area contributed by atoms with Crippen molar-refractivity contribution < 1.29 is 13.9 Å². The molecule has 0 bridgehead atoms. The molecule has 24 heavy (non-hydrogen) atoms. The van der Waals surface area contributed by atoms with E-state index in [2.05, 4.69) is 10.3 Å². The summed E-state index contributed by atoms with van der Waals surface area (Å²) in [6, 6.07) is 11.8. The molecule has 1 aromatic heterocycles. The number of ether oxygens (including phenoxy) is 1. The summed E-state index contributed by atoms with van der Waals surface area (Å²) in [5.41, 5.74) is 1.83. The summed E-state index contributed by atoms with van der Waals surface area (Å²) in [4.78, 5) is 16.4. The molecule has 0 saturated heterocycles. The first-order chi connectivity index (χ1) is 11.7. The van der Waals surface area contributed by atoms with Gasteiger partial charge in [-0.1, -0.05) is 18.2 Å². The first-order valence-corrected chi connectivity index (χ1v) is 8.86. The maximum Gasteiger partial charge on any atom is 0.221 e. The van der Waals surface area contributed by atoms with Gasteiger partial charge in [-0.25, -0.2) is 4.39 Å². The van der Waals surface area contributed by atoms with Gasteiger partial charge in [-0.2, -0.15) is 11.8 Å². The summed E-state index contributed by atoms with van der Waals surface area (Å²) in [5, 5.41) is 2.95. The van der Waals surface area contributed by atoms with Crippen LogP contribution in [0.15, 0.2) is 48.7 Å². The zero-order chi connectivity index (χ0) is 17.2. The molecular formula is C18H21FN2O2S. The maximum atomic E-state index is 12.8. The standard InChI is InChI=1S/C18H21FN2O2S/c1-23-12-17(16-4-2-3-10-20-16)21-18(22)9-11-24-13-14-5-7-15(19)8-6-14/h2-8,10,17H,9,11-13H2,1H3,(H,21,22). The van der Waals surface area contributed by atoms with E-state index in [0.29, 0.717) is 18.8 Å². The predicted molar refractivity (Wildman–Crippen MR) is 94.2 cm³/mol. The van der Waals surface area contributed by atoms with Gasteiger partial charge >= 0.3 is 0 Å². The molecule has 1 aromatic carbocycles. The number of carbonyl (C=O) groups is 1.